The first-order valence-corrected chi connectivity index (χ1v) is 10.2. The maximum absolute atomic E-state index is 4.49. The highest BCUT2D eigenvalue weighted by Gasteiger charge is 2.46. The Kier molecular flexibility index (Phi) is 4.00. The van der Waals surface area contributed by atoms with Crippen LogP contribution in [0.15, 0.2) is 36.5 Å². The van der Waals surface area contributed by atoms with Gasteiger partial charge in [0.1, 0.15) is 0 Å². The summed E-state index contributed by atoms with van der Waals surface area (Å²) in [5, 5.41) is 0. The second-order valence-corrected chi connectivity index (χ2v) is 8.55. The first-order valence-electron chi connectivity index (χ1n) is 10.2. The fraction of sp³-hybridized carbons (Fsp3) is 0.522. The van der Waals surface area contributed by atoms with Gasteiger partial charge in [-0.1, -0.05) is 23.8 Å². The molecular formula is C23H29N3. The number of rotatable bonds is 3. The van der Waals surface area contributed by atoms with E-state index >= 15 is 0 Å². The Morgan fingerprint density at radius 1 is 1.08 bits per heavy atom. The summed E-state index contributed by atoms with van der Waals surface area (Å²) in [5.41, 5.74) is 6.97. The number of hydrogen-bond donors (Lipinski definition) is 0. The maximum atomic E-state index is 4.49. The molecule has 0 saturated carbocycles. The molecule has 4 aliphatic rings. The first kappa shape index (κ1) is 16.3. The molecular weight excluding hydrogens is 318 g/mol. The van der Waals surface area contributed by atoms with E-state index in [0.717, 1.165) is 24.6 Å². The zero-order valence-electron chi connectivity index (χ0n) is 16.0. The van der Waals surface area contributed by atoms with Crippen molar-refractivity contribution in [3.8, 4) is 0 Å². The molecule has 0 aliphatic carbocycles. The normalized spacial score (nSPS) is 29.4. The lowest BCUT2D eigenvalue weighted by Crippen LogP contribution is -2.41. The molecule has 3 fully saturated rings. The van der Waals surface area contributed by atoms with Crippen molar-refractivity contribution in [2.45, 2.75) is 45.1 Å². The number of hydrogen-bond acceptors (Lipinski definition) is 3. The van der Waals surface area contributed by atoms with Gasteiger partial charge in [0.2, 0.25) is 0 Å². The summed E-state index contributed by atoms with van der Waals surface area (Å²) in [4.78, 5) is 9.96. The third-order valence-electron chi connectivity index (χ3n) is 6.85. The van der Waals surface area contributed by atoms with E-state index in [0.29, 0.717) is 12.0 Å². The van der Waals surface area contributed by atoms with Gasteiger partial charge in [-0.05, 0) is 75.4 Å². The van der Waals surface area contributed by atoms with Crippen LogP contribution in [-0.2, 0) is 6.42 Å². The lowest BCUT2D eigenvalue weighted by Gasteiger charge is -2.36. The van der Waals surface area contributed by atoms with E-state index in [4.69, 9.17) is 0 Å². The Morgan fingerprint density at radius 2 is 1.92 bits per heavy atom. The van der Waals surface area contributed by atoms with Gasteiger partial charge in [0, 0.05) is 42.6 Å². The van der Waals surface area contributed by atoms with Gasteiger partial charge < -0.3 is 9.80 Å². The highest BCUT2D eigenvalue weighted by Crippen LogP contribution is 2.48. The van der Waals surface area contributed by atoms with E-state index in [1.165, 1.54) is 49.3 Å². The van der Waals surface area contributed by atoms with Gasteiger partial charge in [0.05, 0.1) is 0 Å². The largest absolute Gasteiger partial charge is 0.367 e. The molecule has 3 nitrogen and oxygen atoms in total. The summed E-state index contributed by atoms with van der Waals surface area (Å²) in [6.07, 6.45) is 5.89. The van der Waals surface area contributed by atoms with Crippen molar-refractivity contribution in [1.82, 2.24) is 9.88 Å². The van der Waals surface area contributed by atoms with Crippen LogP contribution >= 0.6 is 0 Å². The zero-order chi connectivity index (χ0) is 17.7. The van der Waals surface area contributed by atoms with Crippen LogP contribution in [0.2, 0.25) is 0 Å². The van der Waals surface area contributed by atoms with Gasteiger partial charge in [-0.25, -0.2) is 0 Å². The Hall–Kier alpha value is -1.87. The predicted molar refractivity (Wildman–Crippen MR) is 107 cm³/mol. The van der Waals surface area contributed by atoms with E-state index in [-0.39, 0.29) is 0 Å². The molecule has 0 amide bonds. The van der Waals surface area contributed by atoms with Crippen LogP contribution in [0.1, 0.15) is 41.1 Å². The summed E-state index contributed by atoms with van der Waals surface area (Å²) in [6, 6.07) is 12.2. The van der Waals surface area contributed by atoms with E-state index in [1.54, 1.807) is 5.56 Å². The van der Waals surface area contributed by atoms with Crippen molar-refractivity contribution in [2.75, 3.05) is 31.1 Å². The number of aryl methyl sites for hydroxylation is 2. The first-order chi connectivity index (χ1) is 12.7. The minimum atomic E-state index is 0.691. The number of fused-ring (bicyclic) bond motifs is 3. The smallest absolute Gasteiger partial charge is 0.0406 e. The average molecular weight is 348 g/mol. The van der Waals surface area contributed by atoms with Gasteiger partial charge in [-0.2, -0.15) is 0 Å². The second kappa shape index (κ2) is 6.38. The molecule has 1 aromatic carbocycles. The third kappa shape index (κ3) is 2.73. The quantitative estimate of drug-likeness (QED) is 0.838. The Morgan fingerprint density at radius 3 is 2.69 bits per heavy atom. The summed E-state index contributed by atoms with van der Waals surface area (Å²) < 4.78 is 0. The summed E-state index contributed by atoms with van der Waals surface area (Å²) >= 11 is 0. The standard InChI is InChI=1S/C23H29N3/c1-16-3-6-22-20(13-16)21-15-25-10-8-19(9-11-25)23(21)26(22)12-7-18-5-4-17(2)24-14-18/h3-6,13-14,19,21,23H,7-12,15H2,1-2H3/t21-,23-/m0/s1. The number of nitrogens with zero attached hydrogens (tertiary/aromatic N) is 3. The van der Waals surface area contributed by atoms with Crippen molar-refractivity contribution in [3.05, 3.63) is 58.9 Å². The Balaban J connectivity index is 1.47. The summed E-state index contributed by atoms with van der Waals surface area (Å²) in [7, 11) is 0. The fourth-order valence-corrected chi connectivity index (χ4v) is 5.50. The number of benzene rings is 1. The molecule has 136 valence electrons. The monoisotopic (exact) mass is 347 g/mol. The van der Waals surface area contributed by atoms with Crippen LogP contribution in [0.5, 0.6) is 0 Å². The van der Waals surface area contributed by atoms with Crippen LogP contribution < -0.4 is 4.90 Å². The topological polar surface area (TPSA) is 19.4 Å². The van der Waals surface area contributed by atoms with Crippen molar-refractivity contribution < 1.29 is 0 Å². The number of aromatic nitrogens is 1. The van der Waals surface area contributed by atoms with Gasteiger partial charge in [0.15, 0.2) is 0 Å². The minimum absolute atomic E-state index is 0.691. The molecule has 5 heterocycles. The van der Waals surface area contributed by atoms with Crippen LogP contribution in [0.25, 0.3) is 0 Å². The van der Waals surface area contributed by atoms with Crippen molar-refractivity contribution in [3.63, 3.8) is 0 Å². The highest BCUT2D eigenvalue weighted by atomic mass is 15.2. The predicted octanol–water partition coefficient (Wildman–Crippen LogP) is 3.94. The molecule has 3 heteroatoms. The lowest BCUT2D eigenvalue weighted by molar-refractivity contribution is 0.218. The fourth-order valence-electron chi connectivity index (χ4n) is 5.50. The Labute approximate surface area is 157 Å². The molecule has 6 rings (SSSR count). The molecule has 0 radical (unpaired) electrons. The number of pyridine rings is 1. The van der Waals surface area contributed by atoms with Crippen molar-refractivity contribution >= 4 is 5.69 Å². The van der Waals surface area contributed by atoms with Crippen LogP contribution in [0.3, 0.4) is 0 Å². The minimum Gasteiger partial charge on any atom is -0.367 e. The number of anilines is 1. The molecule has 0 N–H and O–H groups in total. The molecule has 2 aromatic rings. The van der Waals surface area contributed by atoms with Crippen molar-refractivity contribution in [2.24, 2.45) is 5.92 Å². The summed E-state index contributed by atoms with van der Waals surface area (Å²) in [5.74, 6) is 1.54. The van der Waals surface area contributed by atoms with Gasteiger partial charge in [-0.3, -0.25) is 4.98 Å². The molecule has 3 saturated heterocycles. The van der Waals surface area contributed by atoms with E-state index in [9.17, 15) is 0 Å². The molecule has 1 aromatic heterocycles. The average Bonchev–Trinajstić information content (AvgIpc) is 2.78. The maximum Gasteiger partial charge on any atom is 0.0406 e. The number of piperidine rings is 1. The van der Waals surface area contributed by atoms with Crippen LogP contribution in [-0.4, -0.2) is 42.1 Å². The van der Waals surface area contributed by atoms with Crippen molar-refractivity contribution in [1.29, 1.82) is 0 Å². The van der Waals surface area contributed by atoms with Gasteiger partial charge in [-0.15, -0.1) is 0 Å². The van der Waals surface area contributed by atoms with Gasteiger partial charge >= 0.3 is 0 Å². The van der Waals surface area contributed by atoms with E-state index < -0.39 is 0 Å². The Bertz CT molecular complexity index is 790. The van der Waals surface area contributed by atoms with Crippen LogP contribution in [0.4, 0.5) is 5.69 Å². The molecule has 0 unspecified atom stereocenters. The molecule has 26 heavy (non-hydrogen) atoms. The van der Waals surface area contributed by atoms with Crippen LogP contribution in [0, 0.1) is 19.8 Å². The molecule has 2 atom stereocenters. The van der Waals surface area contributed by atoms with E-state index in [1.807, 2.05) is 0 Å². The zero-order valence-corrected chi connectivity index (χ0v) is 16.0. The molecule has 2 bridgehead atoms. The SMILES string of the molecule is Cc1ccc2c(c1)[C@@H]1CN3CCC(CC3)[C@@H]1N2CCc1ccc(C)nc1. The second-order valence-electron chi connectivity index (χ2n) is 8.55. The third-order valence-corrected chi connectivity index (χ3v) is 6.85. The molecule has 0 spiro atoms. The highest BCUT2D eigenvalue weighted by molar-refractivity contribution is 5.63. The molecule has 4 aliphatic heterocycles. The summed E-state index contributed by atoms with van der Waals surface area (Å²) in [6.45, 7) is 9.26. The lowest BCUT2D eigenvalue weighted by atomic mass is 9.84. The van der Waals surface area contributed by atoms with E-state index in [2.05, 4.69) is 65.2 Å². The van der Waals surface area contributed by atoms with Gasteiger partial charge in [0.25, 0.3) is 0 Å².